The third kappa shape index (κ3) is 3.27. The summed E-state index contributed by atoms with van der Waals surface area (Å²) in [5.41, 5.74) is 4.77. The van der Waals surface area contributed by atoms with Crippen LogP contribution in [0.2, 0.25) is 5.02 Å². The Balaban J connectivity index is 1.56. The summed E-state index contributed by atoms with van der Waals surface area (Å²) in [7, 11) is 3.96. The highest BCUT2D eigenvalue weighted by Crippen LogP contribution is 2.36. The molecule has 0 radical (unpaired) electrons. The average molecular weight is 390 g/mol. The maximum Gasteiger partial charge on any atom is 0.198 e. The molecular weight excluding hydrogens is 366 g/mol. The normalized spacial score (nSPS) is 13.0. The van der Waals surface area contributed by atoms with Crippen molar-refractivity contribution in [2.75, 3.05) is 19.0 Å². The number of nitrogens with zero attached hydrogens (tertiary/aromatic N) is 2. The fraction of sp³-hybridized carbons (Fsp3) is 0.208. The molecule has 28 heavy (non-hydrogen) atoms. The molecule has 142 valence electrons. The molecule has 4 heteroatoms. The zero-order chi connectivity index (χ0) is 19.8. The van der Waals surface area contributed by atoms with Crippen LogP contribution < -0.4 is 4.90 Å². The standard InChI is InChI=1S/C24H24ClN3/c1-16(15-17-7-12-20(25)13-8-17)27(2)24(26)28(3)22-14-11-19-10-9-18-5-4-6-21(22)23(18)19/h4-14,16,26H,15H2,1-3H3. The van der Waals surface area contributed by atoms with Gasteiger partial charge in [0.2, 0.25) is 0 Å². The topological polar surface area (TPSA) is 30.3 Å². The quantitative estimate of drug-likeness (QED) is 0.347. The van der Waals surface area contributed by atoms with Crippen LogP contribution in [0.4, 0.5) is 5.69 Å². The molecule has 3 nitrogen and oxygen atoms in total. The minimum atomic E-state index is 0.189. The summed E-state index contributed by atoms with van der Waals surface area (Å²) < 4.78 is 0. The van der Waals surface area contributed by atoms with Gasteiger partial charge in [0.15, 0.2) is 5.96 Å². The van der Waals surface area contributed by atoms with Crippen LogP contribution in [0, 0.1) is 5.41 Å². The lowest BCUT2D eigenvalue weighted by atomic mass is 10.0. The highest BCUT2D eigenvalue weighted by Gasteiger charge is 2.20. The van der Waals surface area contributed by atoms with Crippen LogP contribution in [-0.2, 0) is 6.42 Å². The van der Waals surface area contributed by atoms with E-state index < -0.39 is 0 Å². The van der Waals surface area contributed by atoms with Gasteiger partial charge in [-0.1, -0.05) is 60.2 Å². The number of benzene rings is 3. The Hall–Kier alpha value is -2.78. The van der Waals surface area contributed by atoms with Gasteiger partial charge in [-0.3, -0.25) is 5.41 Å². The zero-order valence-corrected chi connectivity index (χ0v) is 17.2. The van der Waals surface area contributed by atoms with Crippen molar-refractivity contribution < 1.29 is 0 Å². The summed E-state index contributed by atoms with van der Waals surface area (Å²) in [6.07, 6.45) is 5.18. The van der Waals surface area contributed by atoms with Gasteiger partial charge in [0.25, 0.3) is 0 Å². The summed E-state index contributed by atoms with van der Waals surface area (Å²) in [5, 5.41) is 12.0. The molecule has 3 aromatic rings. The number of anilines is 1. The van der Waals surface area contributed by atoms with Crippen molar-refractivity contribution in [1.29, 1.82) is 5.41 Å². The van der Waals surface area contributed by atoms with Crippen LogP contribution in [-0.4, -0.2) is 31.0 Å². The Morgan fingerprint density at radius 1 is 0.964 bits per heavy atom. The number of hydrogen-bond acceptors (Lipinski definition) is 1. The summed E-state index contributed by atoms with van der Waals surface area (Å²) in [4.78, 5) is 4.00. The first-order chi connectivity index (χ1) is 13.5. The number of rotatable bonds is 4. The molecule has 0 saturated heterocycles. The molecule has 0 spiro atoms. The number of nitrogens with one attached hydrogen (secondary N) is 1. The molecule has 0 aromatic heterocycles. The van der Waals surface area contributed by atoms with Gasteiger partial charge in [0, 0.05) is 30.5 Å². The number of hydrogen-bond donors (Lipinski definition) is 1. The van der Waals surface area contributed by atoms with Crippen LogP contribution in [0.15, 0.2) is 54.6 Å². The van der Waals surface area contributed by atoms with Gasteiger partial charge in [-0.15, -0.1) is 0 Å². The van der Waals surface area contributed by atoms with Gasteiger partial charge in [-0.25, -0.2) is 0 Å². The fourth-order valence-corrected chi connectivity index (χ4v) is 3.98. The van der Waals surface area contributed by atoms with E-state index in [2.05, 4.69) is 61.5 Å². The predicted octanol–water partition coefficient (Wildman–Crippen LogP) is 5.91. The number of likely N-dealkylation sites (N-methyl/N-ethyl adjacent to an activating group) is 1. The lowest BCUT2D eigenvalue weighted by molar-refractivity contribution is 0.380. The van der Waals surface area contributed by atoms with Crippen LogP contribution in [0.25, 0.3) is 22.9 Å². The van der Waals surface area contributed by atoms with Gasteiger partial charge in [-0.05, 0) is 53.6 Å². The minimum Gasteiger partial charge on any atom is -0.343 e. The van der Waals surface area contributed by atoms with Gasteiger partial charge in [0.05, 0.1) is 5.69 Å². The molecule has 0 aliphatic heterocycles. The summed E-state index contributed by atoms with van der Waals surface area (Å²) in [6.45, 7) is 2.15. The Morgan fingerprint density at radius 3 is 2.36 bits per heavy atom. The maximum absolute atomic E-state index is 8.78. The molecule has 0 amide bonds. The van der Waals surface area contributed by atoms with E-state index in [1.807, 2.05) is 36.0 Å². The van der Waals surface area contributed by atoms with E-state index in [1.165, 1.54) is 27.5 Å². The average Bonchev–Trinajstić information content (AvgIpc) is 3.13. The second-order valence-corrected chi connectivity index (χ2v) is 7.89. The lowest BCUT2D eigenvalue weighted by Crippen LogP contribution is -2.45. The molecule has 4 rings (SSSR count). The number of guanidine groups is 1. The molecule has 0 fully saturated rings. The molecule has 3 aromatic carbocycles. The van der Waals surface area contributed by atoms with E-state index in [4.69, 9.17) is 17.0 Å². The van der Waals surface area contributed by atoms with E-state index in [0.717, 1.165) is 17.1 Å². The van der Waals surface area contributed by atoms with Gasteiger partial charge in [-0.2, -0.15) is 0 Å². The van der Waals surface area contributed by atoms with Crippen molar-refractivity contribution in [3.63, 3.8) is 0 Å². The zero-order valence-electron chi connectivity index (χ0n) is 16.4. The van der Waals surface area contributed by atoms with E-state index >= 15 is 0 Å². The summed E-state index contributed by atoms with van der Waals surface area (Å²) in [6, 6.07) is 18.8. The van der Waals surface area contributed by atoms with Gasteiger partial charge in [0.1, 0.15) is 0 Å². The fourth-order valence-electron chi connectivity index (χ4n) is 3.86. The van der Waals surface area contributed by atoms with E-state index in [9.17, 15) is 0 Å². The lowest BCUT2D eigenvalue weighted by Gasteiger charge is -2.33. The summed E-state index contributed by atoms with van der Waals surface area (Å²) in [5.74, 6) is 0.480. The Bertz CT molecular complexity index is 1060. The molecule has 1 unspecified atom stereocenters. The highest BCUT2D eigenvalue weighted by molar-refractivity contribution is 6.30. The van der Waals surface area contributed by atoms with Crippen molar-refractivity contribution in [2.45, 2.75) is 19.4 Å². The molecule has 0 saturated carbocycles. The SMILES string of the molecule is CC(Cc1ccc(Cl)cc1)N(C)C(=N)N(C)c1ccc2c3c(cccc13)C=C2. The first-order valence-corrected chi connectivity index (χ1v) is 9.87. The van der Waals surface area contributed by atoms with E-state index in [0.29, 0.717) is 5.96 Å². The maximum atomic E-state index is 8.78. The third-order valence-electron chi connectivity index (χ3n) is 5.64. The van der Waals surface area contributed by atoms with Crippen molar-refractivity contribution in [1.82, 2.24) is 4.90 Å². The second kappa shape index (κ2) is 7.33. The Labute approximate surface area is 171 Å². The smallest absolute Gasteiger partial charge is 0.198 e. The Kier molecular flexibility index (Phi) is 4.86. The Morgan fingerprint density at radius 2 is 1.64 bits per heavy atom. The largest absolute Gasteiger partial charge is 0.343 e. The van der Waals surface area contributed by atoms with Crippen LogP contribution in [0.5, 0.6) is 0 Å². The van der Waals surface area contributed by atoms with Crippen molar-refractivity contribution in [3.8, 4) is 0 Å². The number of halogens is 1. The molecule has 1 N–H and O–H groups in total. The van der Waals surface area contributed by atoms with Gasteiger partial charge < -0.3 is 9.80 Å². The van der Waals surface area contributed by atoms with Crippen molar-refractivity contribution >= 4 is 46.2 Å². The van der Waals surface area contributed by atoms with Crippen molar-refractivity contribution in [3.05, 3.63) is 76.3 Å². The second-order valence-electron chi connectivity index (χ2n) is 7.45. The first-order valence-electron chi connectivity index (χ1n) is 9.49. The van der Waals surface area contributed by atoms with E-state index in [-0.39, 0.29) is 6.04 Å². The molecular formula is C24H24ClN3. The van der Waals surface area contributed by atoms with E-state index in [1.54, 1.807) is 0 Å². The van der Waals surface area contributed by atoms with Crippen molar-refractivity contribution in [2.24, 2.45) is 0 Å². The molecule has 0 heterocycles. The monoisotopic (exact) mass is 389 g/mol. The van der Waals surface area contributed by atoms with Gasteiger partial charge >= 0.3 is 0 Å². The molecule has 1 atom stereocenters. The summed E-state index contributed by atoms with van der Waals surface area (Å²) >= 11 is 5.99. The molecule has 0 bridgehead atoms. The van der Waals surface area contributed by atoms with Crippen LogP contribution in [0.3, 0.4) is 0 Å². The molecule has 1 aliphatic rings. The minimum absolute atomic E-state index is 0.189. The van der Waals surface area contributed by atoms with Crippen LogP contribution >= 0.6 is 11.6 Å². The highest BCUT2D eigenvalue weighted by atomic mass is 35.5. The van der Waals surface area contributed by atoms with Crippen LogP contribution in [0.1, 0.15) is 23.6 Å². The first kappa shape index (κ1) is 18.6. The molecule has 1 aliphatic carbocycles. The predicted molar refractivity (Wildman–Crippen MR) is 121 cm³/mol. The third-order valence-corrected chi connectivity index (χ3v) is 5.90.